The van der Waals surface area contributed by atoms with Gasteiger partial charge in [0.05, 0.1) is 5.56 Å². The number of imidazole rings is 1. The summed E-state index contributed by atoms with van der Waals surface area (Å²) in [6.45, 7) is 0. The van der Waals surface area contributed by atoms with Crippen molar-refractivity contribution in [1.29, 1.82) is 0 Å². The van der Waals surface area contributed by atoms with Crippen LogP contribution in [0.2, 0.25) is 0 Å². The summed E-state index contributed by atoms with van der Waals surface area (Å²) in [6.07, 6.45) is 3.32. The largest absolute Gasteiger partial charge is 0.345 e. The molecule has 0 aliphatic carbocycles. The normalized spacial score (nSPS) is 10.0. The van der Waals surface area contributed by atoms with E-state index in [1.807, 2.05) is 6.07 Å². The standard InChI is InChI=1S/C9H7N2O/c12-8-4-2-1-3-7(8)9-10-5-6-11-9/h1-6H,(H,10,11). The highest BCUT2D eigenvalue weighted by atomic mass is 16.3. The van der Waals surface area contributed by atoms with Crippen LogP contribution in [0.15, 0.2) is 36.7 Å². The average Bonchev–Trinajstić information content (AvgIpc) is 2.57. The van der Waals surface area contributed by atoms with Crippen LogP contribution < -0.4 is 0 Å². The van der Waals surface area contributed by atoms with Gasteiger partial charge < -0.3 is 4.98 Å². The van der Waals surface area contributed by atoms with Gasteiger partial charge in [-0.25, -0.2) is 4.98 Å². The van der Waals surface area contributed by atoms with Crippen molar-refractivity contribution in [2.45, 2.75) is 0 Å². The van der Waals surface area contributed by atoms with Gasteiger partial charge in [0.15, 0.2) is 5.75 Å². The van der Waals surface area contributed by atoms with Crippen LogP contribution >= 0.6 is 0 Å². The van der Waals surface area contributed by atoms with E-state index < -0.39 is 0 Å². The van der Waals surface area contributed by atoms with Gasteiger partial charge in [0, 0.05) is 12.4 Å². The number of H-pyrrole nitrogens is 1. The third kappa shape index (κ3) is 1.05. The second-order valence-electron chi connectivity index (χ2n) is 2.43. The van der Waals surface area contributed by atoms with Gasteiger partial charge in [0.2, 0.25) is 0 Å². The molecule has 1 radical (unpaired) electrons. The molecule has 0 aliphatic heterocycles. The van der Waals surface area contributed by atoms with Crippen molar-refractivity contribution in [3.63, 3.8) is 0 Å². The van der Waals surface area contributed by atoms with Gasteiger partial charge >= 0.3 is 0 Å². The molecule has 12 heavy (non-hydrogen) atoms. The molecule has 0 unspecified atom stereocenters. The van der Waals surface area contributed by atoms with Gasteiger partial charge in [-0.1, -0.05) is 12.1 Å². The number of nitrogens with one attached hydrogen (secondary N) is 1. The summed E-state index contributed by atoms with van der Waals surface area (Å²) < 4.78 is 0. The Hall–Kier alpha value is -1.77. The van der Waals surface area contributed by atoms with Crippen LogP contribution in [0.25, 0.3) is 11.4 Å². The third-order valence-electron chi connectivity index (χ3n) is 1.64. The predicted molar refractivity (Wildman–Crippen MR) is 44.2 cm³/mol. The summed E-state index contributed by atoms with van der Waals surface area (Å²) in [7, 11) is 0. The van der Waals surface area contributed by atoms with Crippen LogP contribution in [0.4, 0.5) is 0 Å². The zero-order valence-corrected chi connectivity index (χ0v) is 6.32. The molecule has 1 N–H and O–H groups in total. The minimum Gasteiger partial charge on any atom is -0.345 e. The monoisotopic (exact) mass is 159 g/mol. The first-order chi connectivity index (χ1) is 5.88. The predicted octanol–water partition coefficient (Wildman–Crippen LogP) is 2.22. The zero-order valence-electron chi connectivity index (χ0n) is 6.32. The lowest BCUT2D eigenvalue weighted by molar-refractivity contribution is 0.356. The van der Waals surface area contributed by atoms with Crippen molar-refractivity contribution in [2.75, 3.05) is 0 Å². The van der Waals surface area contributed by atoms with E-state index in [4.69, 9.17) is 0 Å². The Labute approximate surface area is 69.7 Å². The fraction of sp³-hybridized carbons (Fsp3) is 0. The van der Waals surface area contributed by atoms with Crippen LogP contribution in [-0.4, -0.2) is 9.97 Å². The lowest BCUT2D eigenvalue weighted by Crippen LogP contribution is -1.79. The Bertz CT molecular complexity index is 368. The van der Waals surface area contributed by atoms with Crippen molar-refractivity contribution >= 4 is 0 Å². The Morgan fingerprint density at radius 2 is 2.08 bits per heavy atom. The Kier molecular flexibility index (Phi) is 1.55. The van der Waals surface area contributed by atoms with Crippen LogP contribution in [0.1, 0.15) is 0 Å². The van der Waals surface area contributed by atoms with Crippen LogP contribution in [0, 0.1) is 0 Å². The number of nitrogens with zero attached hydrogens (tertiary/aromatic N) is 1. The maximum Gasteiger partial charge on any atom is 0.189 e. The summed E-state index contributed by atoms with van der Waals surface area (Å²) in [6, 6.07) is 6.81. The van der Waals surface area contributed by atoms with E-state index in [9.17, 15) is 5.11 Å². The van der Waals surface area contributed by atoms with Gasteiger partial charge in [-0.3, -0.25) is 5.11 Å². The van der Waals surface area contributed by atoms with Crippen LogP contribution in [-0.2, 0) is 5.11 Å². The highest BCUT2D eigenvalue weighted by molar-refractivity contribution is 5.62. The minimum absolute atomic E-state index is 0.00699. The van der Waals surface area contributed by atoms with E-state index in [1.165, 1.54) is 6.07 Å². The van der Waals surface area contributed by atoms with Gasteiger partial charge in [0.1, 0.15) is 5.82 Å². The smallest absolute Gasteiger partial charge is 0.189 e. The molecule has 0 aliphatic rings. The summed E-state index contributed by atoms with van der Waals surface area (Å²) in [5, 5.41) is 11.3. The Morgan fingerprint density at radius 3 is 2.75 bits per heavy atom. The second-order valence-corrected chi connectivity index (χ2v) is 2.43. The molecule has 0 fully saturated rings. The molecule has 2 aromatic rings. The number of benzene rings is 1. The molecule has 3 heteroatoms. The lowest BCUT2D eigenvalue weighted by Gasteiger charge is -1.95. The summed E-state index contributed by atoms with van der Waals surface area (Å²) in [5.41, 5.74) is 0.613. The highest BCUT2D eigenvalue weighted by Gasteiger charge is 2.05. The van der Waals surface area contributed by atoms with E-state index in [2.05, 4.69) is 9.97 Å². The zero-order chi connectivity index (χ0) is 8.39. The van der Waals surface area contributed by atoms with E-state index in [1.54, 1.807) is 24.5 Å². The molecule has 59 valence electrons. The SMILES string of the molecule is [O]c1ccccc1-c1ncc[nH]1. The first kappa shape index (κ1) is 6.91. The van der Waals surface area contributed by atoms with Crippen molar-refractivity contribution < 1.29 is 5.11 Å². The summed E-state index contributed by atoms with van der Waals surface area (Å²) >= 11 is 0. The molecule has 3 nitrogen and oxygen atoms in total. The summed E-state index contributed by atoms with van der Waals surface area (Å²) in [5.74, 6) is 0.619. The number of aromatic amines is 1. The molecule has 1 heterocycles. The molecule has 2 rings (SSSR count). The number of hydrogen-bond acceptors (Lipinski definition) is 1. The number of rotatable bonds is 1. The molecule has 0 saturated heterocycles. The van der Waals surface area contributed by atoms with Crippen molar-refractivity contribution in [3.05, 3.63) is 36.7 Å². The number of aromatic nitrogens is 2. The molecular weight excluding hydrogens is 152 g/mol. The molecule has 0 saturated carbocycles. The first-order valence-electron chi connectivity index (χ1n) is 3.64. The lowest BCUT2D eigenvalue weighted by atomic mass is 10.2. The summed E-state index contributed by atoms with van der Waals surface area (Å²) in [4.78, 5) is 6.87. The third-order valence-corrected chi connectivity index (χ3v) is 1.64. The van der Waals surface area contributed by atoms with Gasteiger partial charge in [-0.2, -0.15) is 0 Å². The molecule has 0 bridgehead atoms. The molecule has 1 aromatic heterocycles. The topological polar surface area (TPSA) is 48.6 Å². The van der Waals surface area contributed by atoms with Crippen molar-refractivity contribution in [3.8, 4) is 17.1 Å². The maximum atomic E-state index is 11.3. The fourth-order valence-electron chi connectivity index (χ4n) is 1.07. The number of hydrogen-bond donors (Lipinski definition) is 1. The Balaban J connectivity index is 2.55. The minimum atomic E-state index is -0.00699. The number of para-hydroxylation sites is 1. The first-order valence-corrected chi connectivity index (χ1v) is 3.64. The maximum absolute atomic E-state index is 11.3. The van der Waals surface area contributed by atoms with Gasteiger partial charge in [0.25, 0.3) is 0 Å². The fourth-order valence-corrected chi connectivity index (χ4v) is 1.07. The molecule has 0 atom stereocenters. The van der Waals surface area contributed by atoms with Crippen molar-refractivity contribution in [2.24, 2.45) is 0 Å². The highest BCUT2D eigenvalue weighted by Crippen LogP contribution is 2.25. The average molecular weight is 159 g/mol. The van der Waals surface area contributed by atoms with Crippen LogP contribution in [0.5, 0.6) is 5.75 Å². The molecule has 1 aromatic carbocycles. The molecule has 0 amide bonds. The molecule has 0 spiro atoms. The van der Waals surface area contributed by atoms with E-state index in [-0.39, 0.29) is 5.75 Å². The van der Waals surface area contributed by atoms with E-state index >= 15 is 0 Å². The second kappa shape index (κ2) is 2.70. The van der Waals surface area contributed by atoms with E-state index in [0.29, 0.717) is 11.4 Å². The van der Waals surface area contributed by atoms with Crippen molar-refractivity contribution in [1.82, 2.24) is 9.97 Å². The van der Waals surface area contributed by atoms with Gasteiger partial charge in [-0.05, 0) is 12.1 Å². The Morgan fingerprint density at radius 1 is 1.25 bits per heavy atom. The van der Waals surface area contributed by atoms with E-state index in [0.717, 1.165) is 0 Å². The quantitative estimate of drug-likeness (QED) is 0.681. The molecular formula is C9H7N2O. The van der Waals surface area contributed by atoms with Gasteiger partial charge in [-0.15, -0.1) is 0 Å². The van der Waals surface area contributed by atoms with Crippen LogP contribution in [0.3, 0.4) is 0 Å².